The third-order valence-electron chi connectivity index (χ3n) is 3.43. The van der Waals surface area contributed by atoms with E-state index in [9.17, 15) is 17.6 Å². The highest BCUT2D eigenvalue weighted by molar-refractivity contribution is 7.89. The molecule has 0 fully saturated rings. The van der Waals surface area contributed by atoms with Gasteiger partial charge in [0, 0.05) is 10.7 Å². The summed E-state index contributed by atoms with van der Waals surface area (Å²) in [7, 11) is -3.94. The number of sulfonamides is 1. The van der Waals surface area contributed by atoms with Crippen molar-refractivity contribution in [2.24, 2.45) is 5.92 Å². The van der Waals surface area contributed by atoms with Crippen molar-refractivity contribution in [3.05, 3.63) is 59.4 Å². The molecule has 0 radical (unpaired) electrons. The molecule has 0 aromatic heterocycles. The molecule has 2 N–H and O–H groups in total. The Balaban J connectivity index is 2.21. The van der Waals surface area contributed by atoms with Crippen molar-refractivity contribution in [2.75, 3.05) is 5.32 Å². The molecule has 2 aromatic rings. The third kappa shape index (κ3) is 5.26. The lowest BCUT2D eigenvalue weighted by atomic mass is 10.0. The Hall–Kier alpha value is -1.96. The van der Waals surface area contributed by atoms with Crippen LogP contribution < -0.4 is 10.0 Å². The van der Waals surface area contributed by atoms with Gasteiger partial charge in [-0.05, 0) is 42.3 Å². The maximum atomic E-state index is 13.2. The van der Waals surface area contributed by atoms with Gasteiger partial charge in [-0.25, -0.2) is 12.8 Å². The quantitative estimate of drug-likeness (QED) is 0.801. The SMILES string of the molecule is CC(C)C(NS(=O)(=O)c1cccc(Cl)c1)C(=O)Nc1cccc(F)c1. The van der Waals surface area contributed by atoms with Gasteiger partial charge < -0.3 is 5.32 Å². The summed E-state index contributed by atoms with van der Waals surface area (Å²) in [5, 5.41) is 2.79. The minimum atomic E-state index is -3.94. The van der Waals surface area contributed by atoms with E-state index in [1.807, 2.05) is 0 Å². The van der Waals surface area contributed by atoms with E-state index >= 15 is 0 Å². The van der Waals surface area contributed by atoms with Crippen LogP contribution in [0.3, 0.4) is 0 Å². The topological polar surface area (TPSA) is 75.3 Å². The highest BCUT2D eigenvalue weighted by Gasteiger charge is 2.28. The van der Waals surface area contributed by atoms with Crippen molar-refractivity contribution < 1.29 is 17.6 Å². The van der Waals surface area contributed by atoms with Crippen LogP contribution >= 0.6 is 11.6 Å². The smallest absolute Gasteiger partial charge is 0.242 e. The fourth-order valence-corrected chi connectivity index (χ4v) is 3.79. The Kier molecular flexibility index (Phi) is 6.16. The Labute approximate surface area is 151 Å². The minimum Gasteiger partial charge on any atom is -0.325 e. The van der Waals surface area contributed by atoms with Crippen LogP contribution in [0.1, 0.15) is 13.8 Å². The van der Waals surface area contributed by atoms with Crippen molar-refractivity contribution in [3.8, 4) is 0 Å². The standard InChI is InChI=1S/C17H18ClFN2O3S/c1-11(2)16(17(22)20-14-7-4-6-13(19)10-14)21-25(23,24)15-8-3-5-12(18)9-15/h3-11,16,21H,1-2H3,(H,20,22). The molecule has 0 aliphatic carbocycles. The first-order valence-corrected chi connectivity index (χ1v) is 9.39. The number of nitrogens with one attached hydrogen (secondary N) is 2. The molecule has 1 atom stereocenters. The molecule has 5 nitrogen and oxygen atoms in total. The number of benzene rings is 2. The molecule has 0 aliphatic rings. The second kappa shape index (κ2) is 7.95. The fraction of sp³-hybridized carbons (Fsp3) is 0.235. The number of hydrogen-bond acceptors (Lipinski definition) is 3. The zero-order valence-electron chi connectivity index (χ0n) is 13.7. The van der Waals surface area contributed by atoms with Gasteiger partial charge in [0.1, 0.15) is 11.9 Å². The van der Waals surface area contributed by atoms with Crippen molar-refractivity contribution in [3.63, 3.8) is 0 Å². The van der Waals surface area contributed by atoms with E-state index < -0.39 is 27.8 Å². The number of hydrogen-bond donors (Lipinski definition) is 2. The van der Waals surface area contributed by atoms with Crippen LogP contribution in [0.4, 0.5) is 10.1 Å². The van der Waals surface area contributed by atoms with Crippen LogP contribution in [-0.4, -0.2) is 20.4 Å². The lowest BCUT2D eigenvalue weighted by Crippen LogP contribution is -2.47. The molecule has 2 aromatic carbocycles. The summed E-state index contributed by atoms with van der Waals surface area (Å²) in [5.74, 6) is -1.41. The van der Waals surface area contributed by atoms with Crippen LogP contribution in [0.25, 0.3) is 0 Å². The van der Waals surface area contributed by atoms with E-state index in [0.717, 1.165) is 6.07 Å². The van der Waals surface area contributed by atoms with Crippen molar-refractivity contribution >= 4 is 33.2 Å². The second-order valence-electron chi connectivity index (χ2n) is 5.80. The zero-order chi connectivity index (χ0) is 18.6. The second-order valence-corrected chi connectivity index (χ2v) is 7.95. The lowest BCUT2D eigenvalue weighted by molar-refractivity contribution is -0.118. The summed E-state index contributed by atoms with van der Waals surface area (Å²) < 4.78 is 40.6. The van der Waals surface area contributed by atoms with E-state index in [-0.39, 0.29) is 21.5 Å². The molecule has 0 spiro atoms. The molecule has 1 amide bonds. The maximum absolute atomic E-state index is 13.2. The van der Waals surface area contributed by atoms with Gasteiger partial charge in [0.05, 0.1) is 4.90 Å². The first-order chi connectivity index (χ1) is 11.7. The van der Waals surface area contributed by atoms with Crippen LogP contribution in [0.15, 0.2) is 53.4 Å². The first kappa shape index (κ1) is 19.4. The molecule has 25 heavy (non-hydrogen) atoms. The minimum absolute atomic E-state index is 0.0378. The molecule has 1 unspecified atom stereocenters. The Morgan fingerprint density at radius 2 is 1.80 bits per heavy atom. The molecule has 0 aliphatic heterocycles. The van der Waals surface area contributed by atoms with Gasteiger partial charge in [0.2, 0.25) is 15.9 Å². The van der Waals surface area contributed by atoms with E-state index in [1.165, 1.54) is 36.4 Å². The predicted molar refractivity (Wildman–Crippen MR) is 95.4 cm³/mol. The molecule has 0 saturated heterocycles. The number of halogens is 2. The normalized spacial score (nSPS) is 12.8. The van der Waals surface area contributed by atoms with Crippen LogP contribution in [0.2, 0.25) is 5.02 Å². The van der Waals surface area contributed by atoms with Crippen molar-refractivity contribution in [1.82, 2.24) is 4.72 Å². The molecule has 8 heteroatoms. The van der Waals surface area contributed by atoms with Gasteiger partial charge in [-0.2, -0.15) is 4.72 Å². The number of carbonyl (C=O) groups is 1. The first-order valence-electron chi connectivity index (χ1n) is 7.53. The highest BCUT2D eigenvalue weighted by Crippen LogP contribution is 2.18. The average molecular weight is 385 g/mol. The van der Waals surface area contributed by atoms with Crippen molar-refractivity contribution in [1.29, 1.82) is 0 Å². The van der Waals surface area contributed by atoms with Gasteiger partial charge in [-0.1, -0.05) is 37.6 Å². The van der Waals surface area contributed by atoms with E-state index in [2.05, 4.69) is 10.0 Å². The van der Waals surface area contributed by atoms with E-state index in [1.54, 1.807) is 19.9 Å². The zero-order valence-corrected chi connectivity index (χ0v) is 15.2. The molecular weight excluding hydrogens is 367 g/mol. The number of rotatable bonds is 6. The van der Waals surface area contributed by atoms with Gasteiger partial charge in [-0.15, -0.1) is 0 Å². The number of anilines is 1. The Morgan fingerprint density at radius 3 is 2.40 bits per heavy atom. The van der Waals surface area contributed by atoms with E-state index in [4.69, 9.17) is 11.6 Å². The highest BCUT2D eigenvalue weighted by atomic mass is 35.5. The Bertz CT molecular complexity index is 872. The predicted octanol–water partition coefficient (Wildman–Crippen LogP) is 3.42. The molecule has 2 rings (SSSR count). The molecule has 0 bridgehead atoms. The summed E-state index contributed by atoms with van der Waals surface area (Å²) in [6.07, 6.45) is 0. The average Bonchev–Trinajstić information content (AvgIpc) is 2.52. The third-order valence-corrected chi connectivity index (χ3v) is 5.10. The molecule has 0 saturated carbocycles. The van der Waals surface area contributed by atoms with Gasteiger partial charge >= 0.3 is 0 Å². The fourth-order valence-electron chi connectivity index (χ4n) is 2.15. The van der Waals surface area contributed by atoms with Crippen molar-refractivity contribution in [2.45, 2.75) is 24.8 Å². The van der Waals surface area contributed by atoms with Crippen LogP contribution in [0, 0.1) is 11.7 Å². The van der Waals surface area contributed by atoms with Gasteiger partial charge in [0.15, 0.2) is 0 Å². The molecule has 134 valence electrons. The van der Waals surface area contributed by atoms with Crippen LogP contribution in [-0.2, 0) is 14.8 Å². The summed E-state index contributed by atoms with van der Waals surface area (Å²) in [5.41, 5.74) is 0.248. The number of carbonyl (C=O) groups excluding carboxylic acids is 1. The van der Waals surface area contributed by atoms with Gasteiger partial charge in [-0.3, -0.25) is 4.79 Å². The van der Waals surface area contributed by atoms with E-state index in [0.29, 0.717) is 0 Å². The van der Waals surface area contributed by atoms with Crippen LogP contribution in [0.5, 0.6) is 0 Å². The Morgan fingerprint density at radius 1 is 1.12 bits per heavy atom. The molecule has 0 heterocycles. The monoisotopic (exact) mass is 384 g/mol. The number of amides is 1. The summed E-state index contributed by atoms with van der Waals surface area (Å²) in [4.78, 5) is 12.4. The summed E-state index contributed by atoms with van der Waals surface area (Å²) in [6.45, 7) is 3.41. The van der Waals surface area contributed by atoms with Gasteiger partial charge in [0.25, 0.3) is 0 Å². The summed E-state index contributed by atoms with van der Waals surface area (Å²) in [6, 6.07) is 10.1. The summed E-state index contributed by atoms with van der Waals surface area (Å²) >= 11 is 5.83. The largest absolute Gasteiger partial charge is 0.325 e. The maximum Gasteiger partial charge on any atom is 0.242 e. The molecular formula is C17H18ClFN2O3S. The lowest BCUT2D eigenvalue weighted by Gasteiger charge is -2.21.